The van der Waals surface area contributed by atoms with Gasteiger partial charge in [-0.25, -0.2) is 0 Å². The lowest BCUT2D eigenvalue weighted by Crippen LogP contribution is -2.32. The van der Waals surface area contributed by atoms with Gasteiger partial charge in [-0.3, -0.25) is 9.59 Å². The van der Waals surface area contributed by atoms with Crippen LogP contribution in [0.4, 0.5) is 0 Å². The van der Waals surface area contributed by atoms with Gasteiger partial charge in [-0.2, -0.15) is 0 Å². The minimum Gasteiger partial charge on any atom is -0.507 e. The Hall–Kier alpha value is -1.56. The van der Waals surface area contributed by atoms with Gasteiger partial charge in [0.15, 0.2) is 0 Å². The summed E-state index contributed by atoms with van der Waals surface area (Å²) in [7, 11) is 0. The van der Waals surface area contributed by atoms with E-state index in [0.29, 0.717) is 17.3 Å². The minimum absolute atomic E-state index is 0.0672. The normalized spacial score (nSPS) is 13.5. The van der Waals surface area contributed by atoms with Crippen LogP contribution in [0.5, 0.6) is 5.75 Å². The van der Waals surface area contributed by atoms with Crippen molar-refractivity contribution in [2.45, 2.75) is 39.2 Å². The van der Waals surface area contributed by atoms with Crippen molar-refractivity contribution < 1.29 is 19.8 Å². The first-order valence-corrected chi connectivity index (χ1v) is 7.62. The van der Waals surface area contributed by atoms with Gasteiger partial charge in [-0.1, -0.05) is 29.3 Å². The van der Waals surface area contributed by atoms with Gasteiger partial charge in [0.05, 0.1) is 11.5 Å². The molecule has 3 N–H and O–H groups in total. The quantitative estimate of drug-likeness (QED) is 0.699. The van der Waals surface area contributed by atoms with E-state index in [9.17, 15) is 14.7 Å². The second-order valence-corrected chi connectivity index (χ2v) is 6.12. The second kappa shape index (κ2) is 8.02. The summed E-state index contributed by atoms with van der Waals surface area (Å²) in [6.07, 6.45) is 2.00. The molecule has 1 aromatic rings. The minimum atomic E-state index is -0.800. The second-order valence-electron chi connectivity index (χ2n) is 5.21. The van der Waals surface area contributed by atoms with Gasteiger partial charge in [-0.05, 0) is 38.0 Å². The first-order valence-electron chi connectivity index (χ1n) is 6.83. The number of carbonyl (C=O) groups is 2. The average Bonchev–Trinajstić information content (AvgIpc) is 2.41. The van der Waals surface area contributed by atoms with Crippen LogP contribution in [0.25, 0.3) is 0 Å². The molecule has 0 saturated heterocycles. The number of carboxylic acid groups (broad SMARTS) is 1. The molecule has 0 saturated carbocycles. The molecule has 6 heteroatoms. The zero-order valence-corrected chi connectivity index (χ0v) is 13.7. The Kier molecular flexibility index (Phi) is 6.68. The predicted octanol–water partition coefficient (Wildman–Crippen LogP) is 3.16. The number of phenolic OH excluding ortho intramolecular Hbond substituents is 1. The molecule has 0 heterocycles. The van der Waals surface area contributed by atoms with E-state index in [1.54, 1.807) is 19.1 Å². The van der Waals surface area contributed by atoms with Crippen LogP contribution in [-0.4, -0.2) is 28.1 Å². The number of carbonyl (C=O) groups excluding carboxylic acids is 1. The van der Waals surface area contributed by atoms with E-state index in [4.69, 9.17) is 5.11 Å². The molecular weight excluding hydrogens is 338 g/mol. The zero-order chi connectivity index (χ0) is 16.0. The van der Waals surface area contributed by atoms with Crippen molar-refractivity contribution in [3.63, 3.8) is 0 Å². The molecule has 5 nitrogen and oxygen atoms in total. The third kappa shape index (κ3) is 5.75. The molecule has 0 radical (unpaired) electrons. The molecule has 2 unspecified atom stereocenters. The molecule has 0 spiro atoms. The number of nitrogens with one attached hydrogen (secondary N) is 1. The smallest absolute Gasteiger partial charge is 0.306 e. The highest BCUT2D eigenvalue weighted by Gasteiger charge is 2.15. The lowest BCUT2D eigenvalue weighted by molar-refractivity contribution is -0.141. The maximum atomic E-state index is 12.0. The first-order chi connectivity index (χ1) is 9.81. The number of hydrogen-bond donors (Lipinski definition) is 3. The van der Waals surface area contributed by atoms with Crippen molar-refractivity contribution in [1.82, 2.24) is 5.32 Å². The van der Waals surface area contributed by atoms with Crippen LogP contribution in [0.15, 0.2) is 22.7 Å². The van der Waals surface area contributed by atoms with Crippen LogP contribution in [0.3, 0.4) is 0 Å². The molecular formula is C15H20BrNO4. The fourth-order valence-electron chi connectivity index (χ4n) is 1.92. The standard InChI is InChI=1S/C15H20BrNO4/c1-9(15(20)21)4-3-5-10(2)17-14(19)12-8-11(16)6-7-13(12)18/h6-10,18H,3-5H2,1-2H3,(H,17,19)(H,20,21). The van der Waals surface area contributed by atoms with Gasteiger partial charge in [-0.15, -0.1) is 0 Å². The van der Waals surface area contributed by atoms with Crippen molar-refractivity contribution in [1.29, 1.82) is 0 Å². The van der Waals surface area contributed by atoms with Gasteiger partial charge in [0, 0.05) is 10.5 Å². The molecule has 0 aromatic heterocycles. The number of benzene rings is 1. The Labute approximate surface area is 132 Å². The van der Waals surface area contributed by atoms with E-state index in [0.717, 1.165) is 6.42 Å². The highest BCUT2D eigenvalue weighted by molar-refractivity contribution is 9.10. The molecule has 1 rings (SSSR count). The predicted molar refractivity (Wildman–Crippen MR) is 83.4 cm³/mol. The highest BCUT2D eigenvalue weighted by Crippen LogP contribution is 2.22. The van der Waals surface area contributed by atoms with Crippen LogP contribution < -0.4 is 5.32 Å². The first kappa shape index (κ1) is 17.5. The largest absolute Gasteiger partial charge is 0.507 e. The van der Waals surface area contributed by atoms with E-state index in [1.807, 2.05) is 6.92 Å². The number of rotatable bonds is 7. The van der Waals surface area contributed by atoms with Crippen LogP contribution >= 0.6 is 15.9 Å². The Morgan fingerprint density at radius 3 is 2.57 bits per heavy atom. The van der Waals surface area contributed by atoms with Gasteiger partial charge >= 0.3 is 5.97 Å². The van der Waals surface area contributed by atoms with Gasteiger partial charge in [0.1, 0.15) is 5.75 Å². The summed E-state index contributed by atoms with van der Waals surface area (Å²) < 4.78 is 0.716. The Morgan fingerprint density at radius 1 is 1.29 bits per heavy atom. The number of aliphatic carboxylic acids is 1. The third-order valence-corrected chi connectivity index (χ3v) is 3.77. The van der Waals surface area contributed by atoms with Gasteiger partial charge in [0.2, 0.25) is 0 Å². The number of carboxylic acids is 1. The van der Waals surface area contributed by atoms with Crippen LogP contribution in [0.1, 0.15) is 43.5 Å². The summed E-state index contributed by atoms with van der Waals surface area (Å²) >= 11 is 3.26. The summed E-state index contributed by atoms with van der Waals surface area (Å²) in [5.74, 6) is -1.58. The van der Waals surface area contributed by atoms with Crippen molar-refractivity contribution >= 4 is 27.8 Å². The molecule has 116 valence electrons. The molecule has 1 amide bonds. The monoisotopic (exact) mass is 357 g/mol. The van der Waals surface area contributed by atoms with E-state index in [-0.39, 0.29) is 29.2 Å². The van der Waals surface area contributed by atoms with Crippen LogP contribution in [0, 0.1) is 5.92 Å². The molecule has 2 atom stereocenters. The van der Waals surface area contributed by atoms with E-state index in [2.05, 4.69) is 21.2 Å². The molecule has 0 aliphatic rings. The number of hydrogen-bond acceptors (Lipinski definition) is 3. The maximum Gasteiger partial charge on any atom is 0.306 e. The molecule has 0 bridgehead atoms. The summed E-state index contributed by atoms with van der Waals surface area (Å²) in [6, 6.07) is 4.59. The van der Waals surface area contributed by atoms with Crippen molar-refractivity contribution in [3.8, 4) is 5.75 Å². The Bertz CT molecular complexity index is 518. The topological polar surface area (TPSA) is 86.6 Å². The van der Waals surface area contributed by atoms with Gasteiger partial charge < -0.3 is 15.5 Å². The lowest BCUT2D eigenvalue weighted by Gasteiger charge is -2.15. The van der Waals surface area contributed by atoms with E-state index in [1.165, 1.54) is 6.07 Å². The van der Waals surface area contributed by atoms with Crippen molar-refractivity contribution in [3.05, 3.63) is 28.2 Å². The Morgan fingerprint density at radius 2 is 1.95 bits per heavy atom. The molecule has 0 aliphatic heterocycles. The molecule has 0 aliphatic carbocycles. The van der Waals surface area contributed by atoms with E-state index < -0.39 is 5.97 Å². The third-order valence-electron chi connectivity index (χ3n) is 3.28. The number of phenols is 1. The van der Waals surface area contributed by atoms with Crippen LogP contribution in [-0.2, 0) is 4.79 Å². The van der Waals surface area contributed by atoms with E-state index >= 15 is 0 Å². The fourth-order valence-corrected chi connectivity index (χ4v) is 2.28. The van der Waals surface area contributed by atoms with Gasteiger partial charge in [0.25, 0.3) is 5.91 Å². The lowest BCUT2D eigenvalue weighted by atomic mass is 10.0. The molecule has 1 aromatic carbocycles. The SMILES string of the molecule is CC(CCCC(C)C(=O)O)NC(=O)c1cc(Br)ccc1O. The summed E-state index contributed by atoms with van der Waals surface area (Å²) in [6.45, 7) is 3.53. The van der Waals surface area contributed by atoms with Crippen LogP contribution in [0.2, 0.25) is 0 Å². The summed E-state index contributed by atoms with van der Waals surface area (Å²) in [4.78, 5) is 22.8. The molecule has 21 heavy (non-hydrogen) atoms. The molecule has 0 fully saturated rings. The van der Waals surface area contributed by atoms with Crippen molar-refractivity contribution in [2.24, 2.45) is 5.92 Å². The number of amides is 1. The zero-order valence-electron chi connectivity index (χ0n) is 12.1. The van der Waals surface area contributed by atoms with Crippen molar-refractivity contribution in [2.75, 3.05) is 0 Å². The number of halogens is 1. The summed E-state index contributed by atoms with van der Waals surface area (Å²) in [5.41, 5.74) is 0.218. The maximum absolute atomic E-state index is 12.0. The summed E-state index contributed by atoms with van der Waals surface area (Å²) in [5, 5.41) is 21.3. The Balaban J connectivity index is 2.47. The number of aromatic hydroxyl groups is 1. The highest BCUT2D eigenvalue weighted by atomic mass is 79.9. The average molecular weight is 358 g/mol. The fraction of sp³-hybridized carbons (Fsp3) is 0.467.